The van der Waals surface area contributed by atoms with Crippen LogP contribution in [0.25, 0.3) is 10.6 Å². The van der Waals surface area contributed by atoms with E-state index in [4.69, 9.17) is 4.74 Å². The molecular formula is C15H17NO2S. The van der Waals surface area contributed by atoms with Crippen molar-refractivity contribution in [1.29, 1.82) is 0 Å². The third kappa shape index (κ3) is 3.41. The van der Waals surface area contributed by atoms with Crippen molar-refractivity contribution in [2.45, 2.75) is 33.3 Å². The molecule has 0 N–H and O–H groups in total. The van der Waals surface area contributed by atoms with Crippen molar-refractivity contribution in [3.8, 4) is 10.6 Å². The van der Waals surface area contributed by atoms with Crippen LogP contribution in [0.15, 0.2) is 29.8 Å². The zero-order valence-corrected chi connectivity index (χ0v) is 12.4. The predicted molar refractivity (Wildman–Crippen MR) is 77.5 cm³/mol. The molecule has 19 heavy (non-hydrogen) atoms. The summed E-state index contributed by atoms with van der Waals surface area (Å²) in [5, 5.41) is 2.73. The highest BCUT2D eigenvalue weighted by molar-refractivity contribution is 7.13. The second-order valence-electron chi connectivity index (χ2n) is 5.39. The topological polar surface area (TPSA) is 39.2 Å². The molecule has 2 aromatic rings. The minimum Gasteiger partial charge on any atom is -0.456 e. The molecule has 0 atom stereocenters. The van der Waals surface area contributed by atoms with Crippen molar-refractivity contribution in [3.05, 3.63) is 40.9 Å². The van der Waals surface area contributed by atoms with Gasteiger partial charge in [0.15, 0.2) is 0 Å². The van der Waals surface area contributed by atoms with Crippen molar-refractivity contribution >= 4 is 17.3 Å². The van der Waals surface area contributed by atoms with E-state index in [9.17, 15) is 4.79 Å². The first-order valence-corrected chi connectivity index (χ1v) is 6.99. The molecule has 0 aliphatic heterocycles. The number of rotatable bonds is 2. The Kier molecular flexibility index (Phi) is 3.71. The Morgan fingerprint density at radius 1 is 1.32 bits per heavy atom. The van der Waals surface area contributed by atoms with Gasteiger partial charge in [0.1, 0.15) is 10.6 Å². The summed E-state index contributed by atoms with van der Waals surface area (Å²) >= 11 is 1.51. The van der Waals surface area contributed by atoms with E-state index >= 15 is 0 Å². The van der Waals surface area contributed by atoms with Gasteiger partial charge >= 0.3 is 5.97 Å². The highest BCUT2D eigenvalue weighted by atomic mass is 32.1. The second-order valence-corrected chi connectivity index (χ2v) is 6.28. The summed E-state index contributed by atoms with van der Waals surface area (Å²) < 4.78 is 5.46. The van der Waals surface area contributed by atoms with E-state index in [0.29, 0.717) is 5.56 Å². The summed E-state index contributed by atoms with van der Waals surface area (Å²) in [6.45, 7) is 7.55. The first-order chi connectivity index (χ1) is 8.87. The number of aromatic nitrogens is 1. The third-order valence-electron chi connectivity index (χ3n) is 2.46. The minimum absolute atomic E-state index is 0.304. The van der Waals surface area contributed by atoms with Gasteiger partial charge in [-0.2, -0.15) is 0 Å². The van der Waals surface area contributed by atoms with Crippen LogP contribution in [0.4, 0.5) is 0 Å². The van der Waals surface area contributed by atoms with E-state index in [0.717, 1.165) is 16.1 Å². The fraction of sp³-hybridized carbons (Fsp3) is 0.333. The molecule has 0 aliphatic carbocycles. The van der Waals surface area contributed by atoms with Crippen LogP contribution in [0, 0.1) is 6.92 Å². The fourth-order valence-electron chi connectivity index (χ4n) is 1.70. The number of nitrogens with zero attached hydrogens (tertiary/aromatic N) is 1. The smallest absolute Gasteiger partial charge is 0.339 e. The first kappa shape index (κ1) is 13.7. The van der Waals surface area contributed by atoms with E-state index in [1.165, 1.54) is 11.3 Å². The monoisotopic (exact) mass is 275 g/mol. The van der Waals surface area contributed by atoms with E-state index < -0.39 is 5.60 Å². The molecular weight excluding hydrogens is 258 g/mol. The molecule has 2 rings (SSSR count). The van der Waals surface area contributed by atoms with Crippen LogP contribution in [0.5, 0.6) is 0 Å². The van der Waals surface area contributed by atoms with Crippen molar-refractivity contribution in [2.75, 3.05) is 0 Å². The Morgan fingerprint density at radius 2 is 2.05 bits per heavy atom. The summed E-state index contributed by atoms with van der Waals surface area (Å²) in [5.41, 5.74) is 1.93. The number of thiazole rings is 1. The predicted octanol–water partition coefficient (Wildman–Crippen LogP) is 4.07. The zero-order valence-electron chi connectivity index (χ0n) is 11.6. The number of benzene rings is 1. The van der Waals surface area contributed by atoms with Gasteiger partial charge in [-0.1, -0.05) is 17.7 Å². The van der Waals surface area contributed by atoms with Crippen LogP contribution < -0.4 is 0 Å². The molecule has 0 spiro atoms. The molecule has 0 aliphatic rings. The SMILES string of the molecule is Cc1ccc(-c2nccs2)c(C(=O)OC(C)(C)C)c1. The van der Waals surface area contributed by atoms with E-state index in [1.807, 2.05) is 51.3 Å². The molecule has 3 nitrogen and oxygen atoms in total. The molecule has 0 radical (unpaired) electrons. The Labute approximate surface area is 117 Å². The largest absolute Gasteiger partial charge is 0.456 e. The van der Waals surface area contributed by atoms with Crippen LogP contribution in [-0.4, -0.2) is 16.6 Å². The lowest BCUT2D eigenvalue weighted by Crippen LogP contribution is -2.24. The number of hydrogen-bond acceptors (Lipinski definition) is 4. The summed E-state index contributed by atoms with van der Waals surface area (Å²) in [4.78, 5) is 16.5. The molecule has 0 fully saturated rings. The second kappa shape index (κ2) is 5.13. The van der Waals surface area contributed by atoms with Crippen LogP contribution in [0.1, 0.15) is 36.7 Å². The van der Waals surface area contributed by atoms with Crippen molar-refractivity contribution in [2.24, 2.45) is 0 Å². The van der Waals surface area contributed by atoms with E-state index in [-0.39, 0.29) is 5.97 Å². The summed E-state index contributed by atoms with van der Waals surface area (Å²) in [6.07, 6.45) is 1.73. The minimum atomic E-state index is -0.499. The average Bonchev–Trinajstić information content (AvgIpc) is 2.80. The van der Waals surface area contributed by atoms with Crippen molar-refractivity contribution in [1.82, 2.24) is 4.98 Å². The molecule has 1 heterocycles. The number of hydrogen-bond donors (Lipinski definition) is 0. The highest BCUT2D eigenvalue weighted by Gasteiger charge is 2.21. The molecule has 0 bridgehead atoms. The fourth-order valence-corrected chi connectivity index (χ4v) is 2.38. The molecule has 1 aromatic heterocycles. The number of carbonyl (C=O) groups excluding carboxylic acids is 1. The van der Waals surface area contributed by atoms with Crippen LogP contribution in [0.3, 0.4) is 0 Å². The van der Waals surface area contributed by atoms with Gasteiger partial charge in [-0.05, 0) is 33.8 Å². The standard InChI is InChI=1S/C15H17NO2S/c1-10-5-6-11(13-16-7-8-19-13)12(9-10)14(17)18-15(2,3)4/h5-9H,1-4H3. The maximum atomic E-state index is 12.3. The van der Waals surface area contributed by atoms with Gasteiger partial charge in [-0.3, -0.25) is 0 Å². The average molecular weight is 275 g/mol. The van der Waals surface area contributed by atoms with Gasteiger partial charge in [0.2, 0.25) is 0 Å². The molecule has 1 aromatic carbocycles. The summed E-state index contributed by atoms with van der Waals surface area (Å²) in [5.74, 6) is -0.304. The third-order valence-corrected chi connectivity index (χ3v) is 3.26. The quantitative estimate of drug-likeness (QED) is 0.775. The lowest BCUT2D eigenvalue weighted by molar-refractivity contribution is 0.00704. The lowest BCUT2D eigenvalue weighted by Gasteiger charge is -2.20. The molecule has 0 unspecified atom stereocenters. The molecule has 0 saturated carbocycles. The van der Waals surface area contributed by atoms with E-state index in [2.05, 4.69) is 4.98 Å². The zero-order chi connectivity index (χ0) is 14.0. The Morgan fingerprint density at radius 3 is 2.63 bits per heavy atom. The molecule has 0 saturated heterocycles. The van der Waals surface area contributed by atoms with Gasteiger partial charge in [0.25, 0.3) is 0 Å². The summed E-state index contributed by atoms with van der Waals surface area (Å²) in [6, 6.07) is 5.75. The van der Waals surface area contributed by atoms with Crippen LogP contribution >= 0.6 is 11.3 Å². The highest BCUT2D eigenvalue weighted by Crippen LogP contribution is 2.28. The number of aryl methyl sites for hydroxylation is 1. The number of carbonyl (C=O) groups is 1. The first-order valence-electron chi connectivity index (χ1n) is 6.11. The number of ether oxygens (including phenoxy) is 1. The molecule has 100 valence electrons. The Bertz CT molecular complexity index is 583. The van der Waals surface area contributed by atoms with Crippen molar-refractivity contribution < 1.29 is 9.53 Å². The van der Waals surface area contributed by atoms with Gasteiger partial charge in [-0.15, -0.1) is 11.3 Å². The normalized spacial score (nSPS) is 11.4. The van der Waals surface area contributed by atoms with Gasteiger partial charge in [-0.25, -0.2) is 9.78 Å². The van der Waals surface area contributed by atoms with Gasteiger partial charge in [0.05, 0.1) is 5.56 Å². The Balaban J connectivity index is 2.44. The summed E-state index contributed by atoms with van der Waals surface area (Å²) in [7, 11) is 0. The van der Waals surface area contributed by atoms with Crippen LogP contribution in [-0.2, 0) is 4.74 Å². The lowest BCUT2D eigenvalue weighted by atomic mass is 10.0. The van der Waals surface area contributed by atoms with E-state index in [1.54, 1.807) is 6.20 Å². The van der Waals surface area contributed by atoms with Gasteiger partial charge < -0.3 is 4.74 Å². The van der Waals surface area contributed by atoms with Crippen LogP contribution in [0.2, 0.25) is 0 Å². The Hall–Kier alpha value is -1.68. The number of esters is 1. The van der Waals surface area contributed by atoms with Gasteiger partial charge in [0, 0.05) is 17.1 Å². The molecule has 0 amide bonds. The van der Waals surface area contributed by atoms with Crippen molar-refractivity contribution in [3.63, 3.8) is 0 Å². The molecule has 4 heteroatoms. The maximum absolute atomic E-state index is 12.3. The maximum Gasteiger partial charge on any atom is 0.339 e.